The number of hydrogen-bond acceptors (Lipinski definition) is 2. The van der Waals surface area contributed by atoms with Gasteiger partial charge >= 0.3 is 0 Å². The van der Waals surface area contributed by atoms with Crippen LogP contribution in [0.4, 0.5) is 0 Å². The topological polar surface area (TPSA) is 49.4 Å². The highest BCUT2D eigenvalue weighted by Crippen LogP contribution is 2.16. The number of benzene rings is 2. The number of nitrogens with one attached hydrogen (secondary N) is 1. The van der Waals surface area contributed by atoms with Crippen LogP contribution in [0.5, 0.6) is 0 Å². The molecule has 0 aliphatic carbocycles. The number of aryl methyl sites for hydroxylation is 2. The Bertz CT molecular complexity index is 818. The molecule has 0 saturated heterocycles. The van der Waals surface area contributed by atoms with E-state index in [9.17, 15) is 9.59 Å². The van der Waals surface area contributed by atoms with E-state index in [1.165, 1.54) is 5.56 Å². The molecule has 0 aliphatic rings. The summed E-state index contributed by atoms with van der Waals surface area (Å²) in [5.74, 6) is -0.119. The Morgan fingerprint density at radius 1 is 0.933 bits per heavy atom. The van der Waals surface area contributed by atoms with E-state index in [0.29, 0.717) is 19.4 Å². The first kappa shape index (κ1) is 24.1. The molecule has 30 heavy (non-hydrogen) atoms. The Balaban J connectivity index is 2.12. The second-order valence-corrected chi connectivity index (χ2v) is 8.73. The maximum atomic E-state index is 13.1. The molecular weight excluding hydrogens is 440 g/mol. The van der Waals surface area contributed by atoms with E-state index in [-0.39, 0.29) is 17.9 Å². The SMILES string of the molecule is CCc1ccc(CCC(=O)N(Cc2ccc(Br)cc2)[C@@H](C)C(=O)N[C@H](C)CC)cc1. The second-order valence-electron chi connectivity index (χ2n) is 7.81. The molecule has 0 aromatic heterocycles. The van der Waals surface area contributed by atoms with E-state index < -0.39 is 6.04 Å². The van der Waals surface area contributed by atoms with Gasteiger partial charge in [0.2, 0.25) is 11.8 Å². The predicted molar refractivity (Wildman–Crippen MR) is 126 cm³/mol. The minimum absolute atomic E-state index is 0.00992. The Kier molecular flexibility index (Phi) is 9.57. The molecular formula is C25H33BrN2O2. The summed E-state index contributed by atoms with van der Waals surface area (Å²) in [6, 6.07) is 15.8. The summed E-state index contributed by atoms with van der Waals surface area (Å²) in [4.78, 5) is 27.6. The van der Waals surface area contributed by atoms with Crippen molar-refractivity contribution in [2.45, 2.75) is 72.0 Å². The summed E-state index contributed by atoms with van der Waals surface area (Å²) in [5.41, 5.74) is 3.43. The molecule has 0 bridgehead atoms. The third-order valence-corrected chi connectivity index (χ3v) is 6.02. The van der Waals surface area contributed by atoms with Crippen molar-refractivity contribution in [1.29, 1.82) is 0 Å². The summed E-state index contributed by atoms with van der Waals surface area (Å²) >= 11 is 3.44. The molecule has 2 atom stereocenters. The van der Waals surface area contributed by atoms with Gasteiger partial charge in [-0.2, -0.15) is 0 Å². The van der Waals surface area contributed by atoms with Gasteiger partial charge in [-0.05, 0) is 61.9 Å². The second kappa shape index (κ2) is 11.9. The number of carbonyl (C=O) groups is 2. The van der Waals surface area contributed by atoms with Crippen LogP contribution in [0.3, 0.4) is 0 Å². The summed E-state index contributed by atoms with van der Waals surface area (Å²) in [5, 5.41) is 3.01. The first-order valence-electron chi connectivity index (χ1n) is 10.8. The van der Waals surface area contributed by atoms with Crippen molar-refractivity contribution in [3.05, 3.63) is 69.7 Å². The zero-order valence-electron chi connectivity index (χ0n) is 18.5. The van der Waals surface area contributed by atoms with Crippen molar-refractivity contribution < 1.29 is 9.59 Å². The predicted octanol–water partition coefficient (Wildman–Crippen LogP) is 5.28. The fourth-order valence-corrected chi connectivity index (χ4v) is 3.44. The highest BCUT2D eigenvalue weighted by Gasteiger charge is 2.26. The molecule has 1 N–H and O–H groups in total. The highest BCUT2D eigenvalue weighted by atomic mass is 79.9. The molecule has 0 radical (unpaired) electrons. The van der Waals surface area contributed by atoms with Gasteiger partial charge in [0.05, 0.1) is 0 Å². The fraction of sp³-hybridized carbons (Fsp3) is 0.440. The van der Waals surface area contributed by atoms with Crippen LogP contribution in [0.25, 0.3) is 0 Å². The number of rotatable bonds is 10. The minimum Gasteiger partial charge on any atom is -0.352 e. The lowest BCUT2D eigenvalue weighted by Crippen LogP contribution is -2.49. The number of nitrogens with zero attached hydrogens (tertiary/aromatic N) is 1. The lowest BCUT2D eigenvalue weighted by atomic mass is 10.0. The molecule has 2 aromatic carbocycles. The van der Waals surface area contributed by atoms with Crippen LogP contribution in [0.1, 0.15) is 57.2 Å². The Hall–Kier alpha value is -2.14. The molecule has 0 heterocycles. The molecule has 0 unspecified atom stereocenters. The third kappa shape index (κ3) is 7.28. The zero-order chi connectivity index (χ0) is 22.1. The van der Waals surface area contributed by atoms with Crippen molar-refractivity contribution in [2.24, 2.45) is 0 Å². The average Bonchev–Trinajstić information content (AvgIpc) is 2.76. The van der Waals surface area contributed by atoms with Gasteiger partial charge in [-0.15, -0.1) is 0 Å². The standard InChI is InChI=1S/C25H33BrN2O2/c1-5-18(3)27-25(30)19(4)28(17-22-11-14-23(26)15-12-22)24(29)16-13-21-9-7-20(6-2)8-10-21/h7-12,14-15,18-19H,5-6,13,16-17H2,1-4H3,(H,27,30)/t18-,19+/m1/s1. The van der Waals surface area contributed by atoms with Crippen molar-refractivity contribution in [3.8, 4) is 0 Å². The summed E-state index contributed by atoms with van der Waals surface area (Å²) < 4.78 is 0.988. The molecule has 4 nitrogen and oxygen atoms in total. The Morgan fingerprint density at radius 3 is 2.07 bits per heavy atom. The van der Waals surface area contributed by atoms with Gasteiger partial charge < -0.3 is 10.2 Å². The zero-order valence-corrected chi connectivity index (χ0v) is 20.0. The maximum absolute atomic E-state index is 13.1. The van der Waals surface area contributed by atoms with E-state index in [1.54, 1.807) is 4.90 Å². The maximum Gasteiger partial charge on any atom is 0.242 e. The molecule has 2 aromatic rings. The normalized spacial score (nSPS) is 12.8. The molecule has 162 valence electrons. The fourth-order valence-electron chi connectivity index (χ4n) is 3.17. The van der Waals surface area contributed by atoms with Gasteiger partial charge in [-0.3, -0.25) is 9.59 Å². The van der Waals surface area contributed by atoms with E-state index in [2.05, 4.69) is 52.4 Å². The minimum atomic E-state index is -0.530. The molecule has 2 amide bonds. The van der Waals surface area contributed by atoms with Gasteiger partial charge in [-0.1, -0.05) is 66.2 Å². The third-order valence-electron chi connectivity index (χ3n) is 5.49. The number of hydrogen-bond donors (Lipinski definition) is 1. The highest BCUT2D eigenvalue weighted by molar-refractivity contribution is 9.10. The van der Waals surface area contributed by atoms with Crippen molar-refractivity contribution in [2.75, 3.05) is 0 Å². The largest absolute Gasteiger partial charge is 0.352 e. The number of carbonyl (C=O) groups excluding carboxylic acids is 2. The number of halogens is 1. The van der Waals surface area contributed by atoms with Crippen LogP contribution in [0.15, 0.2) is 53.0 Å². The van der Waals surface area contributed by atoms with Crippen LogP contribution in [0, 0.1) is 0 Å². The van der Waals surface area contributed by atoms with Crippen LogP contribution in [-0.2, 0) is 29.0 Å². The monoisotopic (exact) mass is 472 g/mol. The lowest BCUT2D eigenvalue weighted by molar-refractivity contribution is -0.140. The summed E-state index contributed by atoms with van der Waals surface area (Å²) in [7, 11) is 0. The molecule has 0 aliphatic heterocycles. The first-order chi connectivity index (χ1) is 14.3. The summed E-state index contributed by atoms with van der Waals surface area (Å²) in [6.45, 7) is 8.36. The molecule has 2 rings (SSSR count). The molecule has 5 heteroatoms. The van der Waals surface area contributed by atoms with Crippen molar-refractivity contribution >= 4 is 27.7 Å². The van der Waals surface area contributed by atoms with Gasteiger partial charge in [-0.25, -0.2) is 0 Å². The smallest absolute Gasteiger partial charge is 0.242 e. The van der Waals surface area contributed by atoms with Crippen LogP contribution in [-0.4, -0.2) is 28.8 Å². The Labute approximate surface area is 189 Å². The van der Waals surface area contributed by atoms with Crippen molar-refractivity contribution in [1.82, 2.24) is 10.2 Å². The molecule has 0 saturated carbocycles. The van der Waals surface area contributed by atoms with E-state index >= 15 is 0 Å². The van der Waals surface area contributed by atoms with Gasteiger partial charge in [0, 0.05) is 23.5 Å². The van der Waals surface area contributed by atoms with E-state index in [0.717, 1.165) is 28.4 Å². The van der Waals surface area contributed by atoms with Gasteiger partial charge in [0.25, 0.3) is 0 Å². The van der Waals surface area contributed by atoms with Crippen LogP contribution < -0.4 is 5.32 Å². The average molecular weight is 473 g/mol. The van der Waals surface area contributed by atoms with Crippen LogP contribution >= 0.6 is 15.9 Å². The van der Waals surface area contributed by atoms with Crippen molar-refractivity contribution in [3.63, 3.8) is 0 Å². The lowest BCUT2D eigenvalue weighted by Gasteiger charge is -2.30. The number of amides is 2. The molecule has 0 spiro atoms. The van der Waals surface area contributed by atoms with Crippen LogP contribution in [0.2, 0.25) is 0 Å². The summed E-state index contributed by atoms with van der Waals surface area (Å²) in [6.07, 6.45) is 2.90. The quantitative estimate of drug-likeness (QED) is 0.511. The van der Waals surface area contributed by atoms with Gasteiger partial charge in [0.15, 0.2) is 0 Å². The Morgan fingerprint density at radius 2 is 1.50 bits per heavy atom. The van der Waals surface area contributed by atoms with E-state index in [1.807, 2.05) is 45.0 Å². The van der Waals surface area contributed by atoms with Gasteiger partial charge in [0.1, 0.15) is 6.04 Å². The van der Waals surface area contributed by atoms with E-state index in [4.69, 9.17) is 0 Å². The first-order valence-corrected chi connectivity index (χ1v) is 11.5. The molecule has 0 fully saturated rings.